The Bertz CT molecular complexity index is 612. The van der Waals surface area contributed by atoms with Gasteiger partial charge in [-0.3, -0.25) is 0 Å². The van der Waals surface area contributed by atoms with E-state index in [4.69, 9.17) is 0 Å². The molecule has 0 spiro atoms. The highest BCUT2D eigenvalue weighted by molar-refractivity contribution is 7.89. The molecule has 0 atom stereocenters. The van der Waals surface area contributed by atoms with E-state index in [2.05, 4.69) is 11.9 Å². The van der Waals surface area contributed by atoms with Gasteiger partial charge in [-0.2, -0.15) is 4.31 Å². The van der Waals surface area contributed by atoms with Crippen molar-refractivity contribution >= 4 is 10.0 Å². The SMILES string of the molecule is C=CCN(CC)S(=O)(=O)c1cc(CNC2CC2)ccc1F. The zero-order valence-electron chi connectivity index (χ0n) is 12.2. The van der Waals surface area contributed by atoms with Crippen LogP contribution in [0.3, 0.4) is 0 Å². The molecule has 1 aromatic carbocycles. The number of rotatable bonds is 8. The van der Waals surface area contributed by atoms with E-state index in [0.29, 0.717) is 12.6 Å². The van der Waals surface area contributed by atoms with Gasteiger partial charge in [-0.1, -0.05) is 19.1 Å². The van der Waals surface area contributed by atoms with Crippen molar-refractivity contribution in [2.75, 3.05) is 13.1 Å². The Hall–Kier alpha value is -1.24. The normalized spacial score (nSPS) is 15.4. The van der Waals surface area contributed by atoms with E-state index < -0.39 is 15.8 Å². The summed E-state index contributed by atoms with van der Waals surface area (Å²) >= 11 is 0. The quantitative estimate of drug-likeness (QED) is 0.749. The van der Waals surface area contributed by atoms with Gasteiger partial charge in [0.05, 0.1) is 0 Å². The number of benzene rings is 1. The molecule has 0 aromatic heterocycles. The molecule has 0 saturated heterocycles. The summed E-state index contributed by atoms with van der Waals surface area (Å²) in [6, 6.07) is 4.78. The van der Waals surface area contributed by atoms with E-state index in [-0.39, 0.29) is 18.0 Å². The maximum atomic E-state index is 14.0. The van der Waals surface area contributed by atoms with Gasteiger partial charge in [0.1, 0.15) is 10.7 Å². The summed E-state index contributed by atoms with van der Waals surface area (Å²) < 4.78 is 40.2. The second kappa shape index (κ2) is 6.68. The standard InChI is InChI=1S/C15H21FN2O2S/c1-3-9-18(4-2)21(19,20)15-10-12(5-8-14(15)16)11-17-13-6-7-13/h3,5,8,10,13,17H,1,4,6-7,9,11H2,2H3. The second-order valence-corrected chi connectivity index (χ2v) is 7.07. The first-order valence-electron chi connectivity index (χ1n) is 7.12. The molecule has 1 aromatic rings. The Labute approximate surface area is 125 Å². The molecule has 1 fully saturated rings. The lowest BCUT2D eigenvalue weighted by Crippen LogP contribution is -2.31. The molecule has 1 aliphatic rings. The van der Waals surface area contributed by atoms with E-state index in [9.17, 15) is 12.8 Å². The van der Waals surface area contributed by atoms with Crippen LogP contribution in [0.5, 0.6) is 0 Å². The average Bonchev–Trinajstić information content (AvgIpc) is 3.27. The van der Waals surface area contributed by atoms with E-state index in [1.165, 1.54) is 22.5 Å². The zero-order valence-corrected chi connectivity index (χ0v) is 13.0. The van der Waals surface area contributed by atoms with Crippen LogP contribution in [0.1, 0.15) is 25.3 Å². The van der Waals surface area contributed by atoms with Crippen molar-refractivity contribution in [1.29, 1.82) is 0 Å². The highest BCUT2D eigenvalue weighted by Crippen LogP contribution is 2.23. The molecule has 0 radical (unpaired) electrons. The maximum absolute atomic E-state index is 14.0. The van der Waals surface area contributed by atoms with Crippen molar-refractivity contribution in [3.05, 3.63) is 42.2 Å². The maximum Gasteiger partial charge on any atom is 0.246 e. The fraction of sp³-hybridized carbons (Fsp3) is 0.467. The van der Waals surface area contributed by atoms with E-state index in [1.807, 2.05) is 0 Å². The molecule has 0 amide bonds. The number of hydrogen-bond donors (Lipinski definition) is 1. The average molecular weight is 312 g/mol. The number of likely N-dealkylation sites (N-methyl/N-ethyl adjacent to an activating group) is 1. The molecule has 1 N–H and O–H groups in total. The highest BCUT2D eigenvalue weighted by atomic mass is 32.2. The Morgan fingerprint density at radius 2 is 2.19 bits per heavy atom. The third-order valence-corrected chi connectivity index (χ3v) is 5.43. The van der Waals surface area contributed by atoms with Crippen LogP contribution >= 0.6 is 0 Å². The summed E-state index contributed by atoms with van der Waals surface area (Å²) in [6.07, 6.45) is 3.79. The Morgan fingerprint density at radius 3 is 2.76 bits per heavy atom. The van der Waals surface area contributed by atoms with Gasteiger partial charge in [-0.05, 0) is 30.5 Å². The molecule has 0 bridgehead atoms. The van der Waals surface area contributed by atoms with E-state index >= 15 is 0 Å². The van der Waals surface area contributed by atoms with Crippen molar-refractivity contribution in [3.8, 4) is 0 Å². The predicted octanol–water partition coefficient (Wildman–Crippen LogP) is 2.27. The predicted molar refractivity (Wildman–Crippen MR) is 80.9 cm³/mol. The van der Waals surface area contributed by atoms with Gasteiger partial charge < -0.3 is 5.32 Å². The third kappa shape index (κ3) is 3.90. The summed E-state index contributed by atoms with van der Waals surface area (Å²) in [6.45, 7) is 6.26. The molecular weight excluding hydrogens is 291 g/mol. The second-order valence-electron chi connectivity index (χ2n) is 5.16. The van der Waals surface area contributed by atoms with Gasteiger partial charge in [-0.15, -0.1) is 6.58 Å². The van der Waals surface area contributed by atoms with Crippen LogP contribution in [0, 0.1) is 5.82 Å². The largest absolute Gasteiger partial charge is 0.310 e. The number of hydrogen-bond acceptors (Lipinski definition) is 3. The van der Waals surface area contributed by atoms with Crippen LogP contribution in [-0.4, -0.2) is 31.9 Å². The summed E-state index contributed by atoms with van der Waals surface area (Å²) in [5, 5.41) is 3.29. The zero-order chi connectivity index (χ0) is 15.5. The summed E-state index contributed by atoms with van der Waals surface area (Å²) in [5.41, 5.74) is 0.775. The van der Waals surface area contributed by atoms with Crippen molar-refractivity contribution < 1.29 is 12.8 Å². The minimum absolute atomic E-state index is 0.169. The van der Waals surface area contributed by atoms with Gasteiger partial charge >= 0.3 is 0 Å². The van der Waals surface area contributed by atoms with Gasteiger partial charge in [0.25, 0.3) is 0 Å². The van der Waals surface area contributed by atoms with Crippen molar-refractivity contribution in [2.24, 2.45) is 0 Å². The highest BCUT2D eigenvalue weighted by Gasteiger charge is 2.26. The van der Waals surface area contributed by atoms with Crippen molar-refractivity contribution in [2.45, 2.75) is 37.2 Å². The van der Waals surface area contributed by atoms with Crippen molar-refractivity contribution in [1.82, 2.24) is 9.62 Å². The lowest BCUT2D eigenvalue weighted by molar-refractivity contribution is 0.453. The molecule has 4 nitrogen and oxygen atoms in total. The molecule has 1 saturated carbocycles. The van der Waals surface area contributed by atoms with Gasteiger partial charge in [0.2, 0.25) is 10.0 Å². The van der Waals surface area contributed by atoms with Crippen molar-refractivity contribution in [3.63, 3.8) is 0 Å². The van der Waals surface area contributed by atoms with Gasteiger partial charge in [0, 0.05) is 25.7 Å². The van der Waals surface area contributed by atoms with Gasteiger partial charge in [0.15, 0.2) is 0 Å². The minimum Gasteiger partial charge on any atom is -0.310 e. The van der Waals surface area contributed by atoms with Gasteiger partial charge in [-0.25, -0.2) is 12.8 Å². The van der Waals surface area contributed by atoms with Crippen LogP contribution in [-0.2, 0) is 16.6 Å². The molecule has 6 heteroatoms. The molecule has 0 aliphatic heterocycles. The lowest BCUT2D eigenvalue weighted by Gasteiger charge is -2.19. The molecular formula is C15H21FN2O2S. The smallest absolute Gasteiger partial charge is 0.246 e. The first kappa shape index (κ1) is 16.1. The summed E-state index contributed by atoms with van der Waals surface area (Å²) in [7, 11) is -3.83. The fourth-order valence-corrected chi connectivity index (χ4v) is 3.62. The number of nitrogens with zero attached hydrogens (tertiary/aromatic N) is 1. The first-order valence-corrected chi connectivity index (χ1v) is 8.56. The van der Waals surface area contributed by atoms with Crippen LogP contribution in [0.2, 0.25) is 0 Å². The topological polar surface area (TPSA) is 49.4 Å². The monoisotopic (exact) mass is 312 g/mol. The first-order chi connectivity index (χ1) is 9.98. The molecule has 0 heterocycles. The van der Waals surface area contributed by atoms with E-state index in [1.54, 1.807) is 13.0 Å². The van der Waals surface area contributed by atoms with Crippen LogP contribution in [0.25, 0.3) is 0 Å². The number of nitrogens with one attached hydrogen (secondary N) is 1. The fourth-order valence-electron chi connectivity index (χ4n) is 2.09. The number of halogens is 1. The lowest BCUT2D eigenvalue weighted by atomic mass is 10.2. The molecule has 21 heavy (non-hydrogen) atoms. The summed E-state index contributed by atoms with van der Waals surface area (Å²) in [5.74, 6) is -0.715. The van der Waals surface area contributed by atoms with E-state index in [0.717, 1.165) is 18.4 Å². The molecule has 1 aliphatic carbocycles. The van der Waals surface area contributed by atoms with Crippen LogP contribution in [0.15, 0.2) is 35.7 Å². The third-order valence-electron chi connectivity index (χ3n) is 3.47. The van der Waals surface area contributed by atoms with Crippen LogP contribution < -0.4 is 5.32 Å². The Balaban J connectivity index is 2.26. The summed E-state index contributed by atoms with van der Waals surface area (Å²) in [4.78, 5) is -0.263. The van der Waals surface area contributed by atoms with Crippen LogP contribution in [0.4, 0.5) is 4.39 Å². The minimum atomic E-state index is -3.83. The molecule has 116 valence electrons. The number of sulfonamides is 1. The molecule has 0 unspecified atom stereocenters. The molecule has 2 rings (SSSR count). The Morgan fingerprint density at radius 1 is 1.48 bits per heavy atom. The Kier molecular flexibility index (Phi) is 5.13.